The van der Waals surface area contributed by atoms with Crippen LogP contribution in [0.1, 0.15) is 18.4 Å². The molecule has 0 spiro atoms. The van der Waals surface area contributed by atoms with E-state index in [1.807, 2.05) is 30.3 Å². The molecule has 2 fully saturated rings. The maximum atomic E-state index is 10.2. The van der Waals surface area contributed by atoms with Gasteiger partial charge in [-0.3, -0.25) is 0 Å². The van der Waals surface area contributed by atoms with E-state index in [0.29, 0.717) is 13.0 Å². The van der Waals surface area contributed by atoms with E-state index in [4.69, 9.17) is 9.47 Å². The van der Waals surface area contributed by atoms with Crippen molar-refractivity contribution in [3.05, 3.63) is 48.0 Å². The van der Waals surface area contributed by atoms with Gasteiger partial charge in [0.1, 0.15) is 17.8 Å². The van der Waals surface area contributed by atoms with Crippen LogP contribution in [0.4, 0.5) is 0 Å². The summed E-state index contributed by atoms with van der Waals surface area (Å²) in [5.74, 6) is 0. The van der Waals surface area contributed by atoms with E-state index in [1.54, 1.807) is 0 Å². The molecule has 1 saturated heterocycles. The van der Waals surface area contributed by atoms with Crippen LogP contribution in [-0.4, -0.2) is 34.3 Å². The molecule has 19 heavy (non-hydrogen) atoms. The number of hydrogen-bond donors (Lipinski definition) is 2. The van der Waals surface area contributed by atoms with Gasteiger partial charge in [-0.15, -0.1) is 0 Å². The highest BCUT2D eigenvalue weighted by molar-refractivity contribution is 5.24. The van der Waals surface area contributed by atoms with Crippen LogP contribution in [0.15, 0.2) is 42.5 Å². The first-order chi connectivity index (χ1) is 9.13. The van der Waals surface area contributed by atoms with Crippen molar-refractivity contribution in [3.63, 3.8) is 0 Å². The lowest BCUT2D eigenvalue weighted by Crippen LogP contribution is -2.47. The van der Waals surface area contributed by atoms with Gasteiger partial charge in [-0.1, -0.05) is 36.9 Å². The lowest BCUT2D eigenvalue weighted by molar-refractivity contribution is -0.141. The normalized spacial score (nSPS) is 37.6. The molecule has 2 N–H and O–H groups in total. The van der Waals surface area contributed by atoms with Crippen molar-refractivity contribution in [3.8, 4) is 0 Å². The quantitative estimate of drug-likeness (QED) is 0.808. The van der Waals surface area contributed by atoms with Gasteiger partial charge in [-0.25, -0.2) is 0 Å². The molecule has 1 aromatic rings. The van der Waals surface area contributed by atoms with E-state index in [0.717, 1.165) is 17.6 Å². The second-order valence-corrected chi connectivity index (χ2v) is 5.24. The van der Waals surface area contributed by atoms with E-state index in [-0.39, 0.29) is 0 Å². The molecule has 0 bridgehead atoms. The minimum atomic E-state index is -1.20. The molecule has 0 amide bonds. The molecular weight excluding hydrogens is 244 g/mol. The number of benzene rings is 1. The van der Waals surface area contributed by atoms with Crippen molar-refractivity contribution in [1.82, 2.24) is 0 Å². The van der Waals surface area contributed by atoms with Gasteiger partial charge in [-0.05, 0) is 24.0 Å². The summed E-state index contributed by atoms with van der Waals surface area (Å²) in [5, 5.41) is 19.9. The molecule has 4 atom stereocenters. The molecule has 4 nitrogen and oxygen atoms in total. The summed E-state index contributed by atoms with van der Waals surface area (Å²) < 4.78 is 11.3. The first-order valence-electron chi connectivity index (χ1n) is 6.50. The van der Waals surface area contributed by atoms with E-state index in [9.17, 15) is 10.2 Å². The van der Waals surface area contributed by atoms with Gasteiger partial charge in [0.2, 0.25) is 0 Å². The van der Waals surface area contributed by atoms with Crippen LogP contribution in [0, 0.1) is 0 Å². The fourth-order valence-corrected chi connectivity index (χ4v) is 2.96. The number of rotatable bonds is 3. The molecule has 1 heterocycles. The Bertz CT molecular complexity index is 472. The maximum absolute atomic E-state index is 10.2. The third-order valence-electron chi connectivity index (χ3n) is 4.05. The molecule has 102 valence electrons. The van der Waals surface area contributed by atoms with Crippen molar-refractivity contribution >= 4 is 0 Å². The molecule has 4 heteroatoms. The summed E-state index contributed by atoms with van der Waals surface area (Å²) in [6.07, 6.45) is -1.26. The van der Waals surface area contributed by atoms with Crippen molar-refractivity contribution < 1.29 is 19.7 Å². The van der Waals surface area contributed by atoms with Gasteiger partial charge in [0.25, 0.3) is 0 Å². The van der Waals surface area contributed by atoms with Crippen LogP contribution >= 0.6 is 0 Å². The van der Waals surface area contributed by atoms with Gasteiger partial charge >= 0.3 is 0 Å². The third kappa shape index (κ3) is 2.01. The minimum Gasteiger partial charge on any atom is -0.385 e. The second-order valence-electron chi connectivity index (χ2n) is 5.24. The molecule has 1 aliphatic heterocycles. The van der Waals surface area contributed by atoms with Crippen molar-refractivity contribution in [1.29, 1.82) is 0 Å². The number of fused-ring (bicyclic) bond motifs is 1. The summed E-state index contributed by atoms with van der Waals surface area (Å²) in [4.78, 5) is 0. The Balaban J connectivity index is 1.79. The summed E-state index contributed by atoms with van der Waals surface area (Å²) >= 11 is 0. The van der Waals surface area contributed by atoms with E-state index < -0.39 is 24.1 Å². The number of hydrogen-bond acceptors (Lipinski definition) is 4. The Labute approximate surface area is 112 Å². The summed E-state index contributed by atoms with van der Waals surface area (Å²) in [6.45, 7) is 4.33. The molecule has 2 aliphatic rings. The second kappa shape index (κ2) is 4.72. The Morgan fingerprint density at radius 2 is 2.05 bits per heavy atom. The van der Waals surface area contributed by atoms with Crippen LogP contribution < -0.4 is 0 Å². The van der Waals surface area contributed by atoms with Gasteiger partial charge in [0, 0.05) is 0 Å². The minimum absolute atomic E-state index is 0.387. The van der Waals surface area contributed by atoms with Crippen LogP contribution in [0.5, 0.6) is 0 Å². The van der Waals surface area contributed by atoms with Crippen LogP contribution in [0.25, 0.3) is 0 Å². The van der Waals surface area contributed by atoms with E-state index in [2.05, 4.69) is 6.58 Å². The zero-order chi connectivity index (χ0) is 13.5. The highest BCUT2D eigenvalue weighted by atomic mass is 16.7. The van der Waals surface area contributed by atoms with Crippen LogP contribution in [-0.2, 0) is 16.1 Å². The van der Waals surface area contributed by atoms with Gasteiger partial charge in [0.05, 0.1) is 6.61 Å². The summed E-state index contributed by atoms with van der Waals surface area (Å²) in [7, 11) is 0. The lowest BCUT2D eigenvalue weighted by Gasteiger charge is -2.31. The molecule has 1 aliphatic carbocycles. The molecule has 1 saturated carbocycles. The monoisotopic (exact) mass is 262 g/mol. The first kappa shape index (κ1) is 12.8. The number of ether oxygens (including phenoxy) is 2. The van der Waals surface area contributed by atoms with Crippen LogP contribution in [0.2, 0.25) is 0 Å². The Hall–Kier alpha value is -1.20. The standard InChI is InChI=1S/C15H18O4/c1-10-7-8-15(12(16)14(17)19-13(10)15)18-9-11-5-3-2-4-6-11/h2-6,12-14,16-17H,1,7-9H2/t12-,13+,14?,15-/m0/s1. The molecule has 0 aromatic heterocycles. The topological polar surface area (TPSA) is 58.9 Å². The van der Waals surface area contributed by atoms with Crippen molar-refractivity contribution in [2.45, 2.75) is 43.5 Å². The molecular formula is C15H18O4. The zero-order valence-corrected chi connectivity index (χ0v) is 10.7. The molecule has 1 aromatic carbocycles. The smallest absolute Gasteiger partial charge is 0.184 e. The Morgan fingerprint density at radius 3 is 2.79 bits per heavy atom. The average Bonchev–Trinajstić information content (AvgIpc) is 2.87. The Morgan fingerprint density at radius 1 is 1.32 bits per heavy atom. The SMILES string of the molecule is C=C1CC[C@@]2(OCc3ccccc3)[C@@H]1OC(O)[C@@H]2O. The number of aliphatic hydroxyl groups is 2. The van der Waals surface area contributed by atoms with Crippen molar-refractivity contribution in [2.24, 2.45) is 0 Å². The zero-order valence-electron chi connectivity index (χ0n) is 10.7. The maximum Gasteiger partial charge on any atom is 0.184 e. The first-order valence-corrected chi connectivity index (χ1v) is 6.50. The fraction of sp³-hybridized carbons (Fsp3) is 0.467. The molecule has 3 rings (SSSR count). The van der Waals surface area contributed by atoms with E-state index in [1.165, 1.54) is 0 Å². The fourth-order valence-electron chi connectivity index (χ4n) is 2.96. The van der Waals surface area contributed by atoms with Crippen molar-refractivity contribution in [2.75, 3.05) is 0 Å². The largest absolute Gasteiger partial charge is 0.385 e. The van der Waals surface area contributed by atoms with Crippen LogP contribution in [0.3, 0.4) is 0 Å². The Kier molecular flexibility index (Phi) is 3.19. The highest BCUT2D eigenvalue weighted by Crippen LogP contribution is 2.47. The predicted octanol–water partition coefficient (Wildman–Crippen LogP) is 1.37. The average molecular weight is 262 g/mol. The lowest BCUT2D eigenvalue weighted by atomic mass is 9.94. The highest BCUT2D eigenvalue weighted by Gasteiger charge is 2.60. The predicted molar refractivity (Wildman–Crippen MR) is 69.2 cm³/mol. The summed E-state index contributed by atoms with van der Waals surface area (Å²) in [5.41, 5.74) is 1.05. The van der Waals surface area contributed by atoms with Gasteiger partial charge in [-0.2, -0.15) is 0 Å². The van der Waals surface area contributed by atoms with Gasteiger partial charge in [0.15, 0.2) is 6.29 Å². The molecule has 1 unspecified atom stereocenters. The summed E-state index contributed by atoms with van der Waals surface area (Å²) in [6, 6.07) is 9.76. The third-order valence-corrected chi connectivity index (χ3v) is 4.05. The van der Waals surface area contributed by atoms with E-state index >= 15 is 0 Å². The number of aliphatic hydroxyl groups excluding tert-OH is 2. The molecule has 0 radical (unpaired) electrons. The van der Waals surface area contributed by atoms with Gasteiger partial charge < -0.3 is 19.7 Å².